The molecule has 0 aliphatic carbocycles. The van der Waals surface area contributed by atoms with E-state index in [1.807, 2.05) is 0 Å². The molecule has 4 rings (SSSR count). The van der Waals surface area contributed by atoms with E-state index in [4.69, 9.17) is 4.42 Å². The van der Waals surface area contributed by atoms with Crippen LogP contribution in [0.25, 0.3) is 11.1 Å². The Balaban J connectivity index is 0.00000196. The highest BCUT2D eigenvalue weighted by molar-refractivity contribution is 7.19. The Morgan fingerprint density at radius 2 is 2.00 bits per heavy atom. The highest BCUT2D eigenvalue weighted by Crippen LogP contribution is 2.33. The van der Waals surface area contributed by atoms with Gasteiger partial charge in [-0.1, -0.05) is 11.3 Å². The number of nitrogens with one attached hydrogen (secondary N) is 2. The first-order valence-corrected chi connectivity index (χ1v) is 8.47. The predicted molar refractivity (Wildman–Crippen MR) is 96.7 cm³/mol. The van der Waals surface area contributed by atoms with E-state index in [1.54, 1.807) is 6.20 Å². The fourth-order valence-corrected chi connectivity index (χ4v) is 3.46. The lowest BCUT2D eigenvalue weighted by Gasteiger charge is -2.27. The van der Waals surface area contributed by atoms with Gasteiger partial charge in [0.15, 0.2) is 10.7 Å². The first-order valence-electron chi connectivity index (χ1n) is 7.65. The number of hydrogen-bond acceptors (Lipinski definition) is 7. The number of piperazine rings is 1. The molecule has 26 heavy (non-hydrogen) atoms. The quantitative estimate of drug-likeness (QED) is 0.689. The Labute approximate surface area is 156 Å². The van der Waals surface area contributed by atoms with Crippen molar-refractivity contribution in [2.24, 2.45) is 0 Å². The van der Waals surface area contributed by atoms with Gasteiger partial charge in [0, 0.05) is 26.2 Å². The van der Waals surface area contributed by atoms with Crippen LogP contribution < -0.4 is 15.5 Å². The minimum Gasteiger partial charge on any atom is -0.423 e. The van der Waals surface area contributed by atoms with Gasteiger partial charge in [-0.05, 0) is 18.2 Å². The Morgan fingerprint density at radius 3 is 2.73 bits per heavy atom. The molecule has 0 spiro atoms. The summed E-state index contributed by atoms with van der Waals surface area (Å²) in [6.45, 7) is 3.66. The molecule has 140 valence electrons. The minimum atomic E-state index is -4.41. The molecule has 0 atom stereocenters. The maximum Gasteiger partial charge on any atom is 0.416 e. The van der Waals surface area contributed by atoms with Gasteiger partial charge in [-0.15, -0.1) is 12.4 Å². The molecule has 1 aromatic carbocycles. The largest absolute Gasteiger partial charge is 0.423 e. The van der Waals surface area contributed by atoms with Crippen LogP contribution in [0.5, 0.6) is 0 Å². The summed E-state index contributed by atoms with van der Waals surface area (Å²) in [6, 6.07) is 3.35. The maximum absolute atomic E-state index is 12.8. The number of nitrogens with zero attached hydrogens (tertiary/aromatic N) is 3. The fourth-order valence-electron chi connectivity index (χ4n) is 2.60. The Morgan fingerprint density at radius 1 is 1.23 bits per heavy atom. The zero-order valence-corrected chi connectivity index (χ0v) is 15.0. The second-order valence-electron chi connectivity index (χ2n) is 5.56. The fraction of sp³-hybridized carbons (Fsp3) is 0.333. The van der Waals surface area contributed by atoms with E-state index >= 15 is 0 Å². The van der Waals surface area contributed by atoms with Crippen LogP contribution in [0.2, 0.25) is 0 Å². The smallest absolute Gasteiger partial charge is 0.416 e. The van der Waals surface area contributed by atoms with Crippen molar-refractivity contribution in [2.45, 2.75) is 6.18 Å². The van der Waals surface area contributed by atoms with Crippen molar-refractivity contribution in [3.63, 3.8) is 0 Å². The Kier molecular flexibility index (Phi) is 5.26. The lowest BCUT2D eigenvalue weighted by molar-refractivity contribution is -0.137. The molecule has 2 aromatic heterocycles. The summed E-state index contributed by atoms with van der Waals surface area (Å²) in [5.74, 6) is 0. The summed E-state index contributed by atoms with van der Waals surface area (Å²) in [6.07, 6.45) is -2.65. The summed E-state index contributed by atoms with van der Waals surface area (Å²) in [4.78, 5) is 10.7. The number of anilines is 3. The maximum atomic E-state index is 12.8. The van der Waals surface area contributed by atoms with E-state index in [9.17, 15) is 13.2 Å². The van der Waals surface area contributed by atoms with Crippen molar-refractivity contribution < 1.29 is 17.6 Å². The van der Waals surface area contributed by atoms with Gasteiger partial charge in [-0.2, -0.15) is 18.2 Å². The van der Waals surface area contributed by atoms with E-state index in [0.717, 1.165) is 43.3 Å². The Hall–Kier alpha value is -2.04. The van der Waals surface area contributed by atoms with Crippen LogP contribution in [-0.2, 0) is 6.18 Å². The number of aromatic nitrogens is 2. The molecular formula is C15H15ClF3N5OS. The topological polar surface area (TPSA) is 66.2 Å². The molecule has 3 aromatic rings. The lowest BCUT2D eigenvalue weighted by Crippen LogP contribution is -2.43. The molecule has 11 heteroatoms. The third kappa shape index (κ3) is 3.87. The SMILES string of the molecule is Cl.FC(F)(F)c1ccc2nc(Nc3ncc(N4CCNCC4)s3)oc2c1. The van der Waals surface area contributed by atoms with Crippen LogP contribution in [-0.4, -0.2) is 36.1 Å². The molecule has 0 bridgehead atoms. The van der Waals surface area contributed by atoms with Crippen LogP contribution in [0.1, 0.15) is 5.56 Å². The van der Waals surface area contributed by atoms with Gasteiger partial charge in [0.25, 0.3) is 0 Å². The summed E-state index contributed by atoms with van der Waals surface area (Å²) in [5, 5.41) is 7.81. The van der Waals surface area contributed by atoms with Gasteiger partial charge in [0.2, 0.25) is 0 Å². The monoisotopic (exact) mass is 405 g/mol. The highest BCUT2D eigenvalue weighted by Gasteiger charge is 2.31. The summed E-state index contributed by atoms with van der Waals surface area (Å²) in [7, 11) is 0. The molecule has 1 aliphatic rings. The normalized spacial score (nSPS) is 15.1. The third-order valence-corrected chi connectivity index (χ3v) is 4.83. The summed E-state index contributed by atoms with van der Waals surface area (Å²) < 4.78 is 43.6. The van der Waals surface area contributed by atoms with Gasteiger partial charge >= 0.3 is 12.2 Å². The average Bonchev–Trinajstić information content (AvgIpc) is 3.20. The van der Waals surface area contributed by atoms with Crippen molar-refractivity contribution in [3.8, 4) is 0 Å². The molecule has 2 N–H and O–H groups in total. The van der Waals surface area contributed by atoms with Crippen molar-refractivity contribution in [3.05, 3.63) is 30.0 Å². The summed E-state index contributed by atoms with van der Waals surface area (Å²) in [5.41, 5.74) is -0.330. The zero-order valence-electron chi connectivity index (χ0n) is 13.3. The lowest BCUT2D eigenvalue weighted by atomic mass is 10.2. The molecule has 6 nitrogen and oxygen atoms in total. The number of rotatable bonds is 3. The van der Waals surface area contributed by atoms with Gasteiger partial charge in [0.05, 0.1) is 11.8 Å². The van der Waals surface area contributed by atoms with E-state index in [1.165, 1.54) is 17.4 Å². The molecule has 0 unspecified atom stereocenters. The molecule has 1 fully saturated rings. The standard InChI is InChI=1S/C15H14F3N5OS.ClH/c16-15(17,18)9-1-2-10-11(7-9)24-13(21-10)22-14-20-8-12(25-14)23-5-3-19-4-6-23;/h1-2,7-8,19H,3-6H2,(H,20,21,22);1H. The summed E-state index contributed by atoms with van der Waals surface area (Å²) >= 11 is 1.45. The second kappa shape index (κ2) is 7.29. The van der Waals surface area contributed by atoms with Crippen molar-refractivity contribution >= 4 is 51.0 Å². The number of halogens is 4. The number of fused-ring (bicyclic) bond motifs is 1. The molecule has 1 aliphatic heterocycles. The van der Waals surface area contributed by atoms with E-state index in [0.29, 0.717) is 10.6 Å². The molecule has 0 radical (unpaired) electrons. The van der Waals surface area contributed by atoms with Crippen molar-refractivity contribution in [1.29, 1.82) is 0 Å². The predicted octanol–water partition coefficient (Wildman–Crippen LogP) is 3.88. The second-order valence-corrected chi connectivity index (χ2v) is 6.57. The van der Waals surface area contributed by atoms with E-state index in [-0.39, 0.29) is 24.0 Å². The molecular weight excluding hydrogens is 391 g/mol. The number of hydrogen-bond donors (Lipinski definition) is 2. The van der Waals surface area contributed by atoms with Gasteiger partial charge in [0.1, 0.15) is 10.5 Å². The van der Waals surface area contributed by atoms with Crippen LogP contribution in [0, 0.1) is 0 Å². The van der Waals surface area contributed by atoms with Crippen molar-refractivity contribution in [1.82, 2.24) is 15.3 Å². The molecule has 3 heterocycles. The number of oxazole rings is 1. The average molecular weight is 406 g/mol. The van der Waals surface area contributed by atoms with Crippen LogP contribution in [0.4, 0.5) is 29.3 Å². The van der Waals surface area contributed by atoms with Gasteiger partial charge < -0.3 is 14.6 Å². The van der Waals surface area contributed by atoms with Crippen molar-refractivity contribution in [2.75, 3.05) is 36.4 Å². The number of thiazole rings is 1. The van der Waals surface area contributed by atoms with E-state index in [2.05, 4.69) is 25.5 Å². The highest BCUT2D eigenvalue weighted by atomic mass is 35.5. The number of benzene rings is 1. The first kappa shape index (κ1) is 18.7. The molecule has 1 saturated heterocycles. The van der Waals surface area contributed by atoms with Crippen LogP contribution >= 0.6 is 23.7 Å². The first-order chi connectivity index (χ1) is 12.0. The van der Waals surface area contributed by atoms with E-state index < -0.39 is 11.7 Å². The minimum absolute atomic E-state index is 0. The molecule has 0 saturated carbocycles. The van der Waals surface area contributed by atoms with Gasteiger partial charge in [-0.25, -0.2) is 4.98 Å². The Bertz CT molecular complexity index is 891. The third-order valence-electron chi connectivity index (χ3n) is 3.85. The zero-order chi connectivity index (χ0) is 17.4. The molecule has 0 amide bonds. The van der Waals surface area contributed by atoms with Crippen LogP contribution in [0.15, 0.2) is 28.8 Å². The van der Waals surface area contributed by atoms with Gasteiger partial charge in [-0.3, -0.25) is 5.32 Å². The number of alkyl halides is 3. The van der Waals surface area contributed by atoms with Crippen LogP contribution in [0.3, 0.4) is 0 Å².